The molecule has 1 fully saturated rings. The first kappa shape index (κ1) is 20.7. The first-order valence-corrected chi connectivity index (χ1v) is 10.0. The molecule has 2 amide bonds. The number of methoxy groups -OCH3 is 1. The van der Waals surface area contributed by atoms with Crippen LogP contribution in [0.15, 0.2) is 42.5 Å². The van der Waals surface area contributed by atoms with Crippen LogP contribution in [0.1, 0.15) is 37.7 Å². The molecule has 0 aromatic heterocycles. The Morgan fingerprint density at radius 3 is 2.76 bits per heavy atom. The Hall–Kier alpha value is -3.02. The second kappa shape index (κ2) is 9.96. The highest BCUT2D eigenvalue weighted by atomic mass is 16.5. The number of ether oxygens (including phenoxy) is 2. The van der Waals surface area contributed by atoms with Crippen molar-refractivity contribution in [2.24, 2.45) is 0 Å². The number of unbranched alkanes of at least 4 members (excludes halogenated alkanes) is 1. The molecule has 0 radical (unpaired) electrons. The molecule has 0 atom stereocenters. The number of rotatable bonds is 9. The molecule has 2 aromatic carbocycles. The molecule has 0 spiro atoms. The summed E-state index contributed by atoms with van der Waals surface area (Å²) in [5.41, 5.74) is 2.58. The molecule has 0 bridgehead atoms. The van der Waals surface area contributed by atoms with Crippen molar-refractivity contribution in [3.8, 4) is 11.5 Å². The lowest BCUT2D eigenvalue weighted by atomic mass is 10.2. The topological polar surface area (TPSA) is 67.9 Å². The highest BCUT2D eigenvalue weighted by molar-refractivity contribution is 5.97. The van der Waals surface area contributed by atoms with Crippen LogP contribution in [0, 0.1) is 6.92 Å². The molecular weight excluding hydrogens is 368 g/mol. The van der Waals surface area contributed by atoms with Gasteiger partial charge in [-0.05, 0) is 56.0 Å². The van der Waals surface area contributed by atoms with E-state index in [1.54, 1.807) is 18.1 Å². The largest absolute Gasteiger partial charge is 0.494 e. The number of carbonyl (C=O) groups is 2. The Balaban J connectivity index is 1.44. The van der Waals surface area contributed by atoms with Crippen molar-refractivity contribution in [2.75, 3.05) is 30.5 Å². The fourth-order valence-corrected chi connectivity index (χ4v) is 3.39. The van der Waals surface area contributed by atoms with Crippen LogP contribution >= 0.6 is 0 Å². The molecular formula is C23H28N2O4. The van der Waals surface area contributed by atoms with Crippen LogP contribution in [0.2, 0.25) is 0 Å². The molecule has 1 aliphatic heterocycles. The summed E-state index contributed by atoms with van der Waals surface area (Å²) in [5, 5.41) is 2.90. The van der Waals surface area contributed by atoms with Crippen molar-refractivity contribution >= 4 is 23.2 Å². The van der Waals surface area contributed by atoms with Crippen molar-refractivity contribution in [2.45, 2.75) is 39.0 Å². The van der Waals surface area contributed by atoms with Crippen molar-refractivity contribution in [3.05, 3.63) is 48.0 Å². The zero-order valence-electron chi connectivity index (χ0n) is 17.1. The average molecular weight is 396 g/mol. The van der Waals surface area contributed by atoms with Gasteiger partial charge < -0.3 is 19.7 Å². The van der Waals surface area contributed by atoms with Gasteiger partial charge in [-0.3, -0.25) is 9.59 Å². The number of nitrogens with one attached hydrogen (secondary N) is 1. The van der Waals surface area contributed by atoms with Crippen LogP contribution < -0.4 is 19.7 Å². The lowest BCUT2D eigenvalue weighted by Crippen LogP contribution is -2.24. The van der Waals surface area contributed by atoms with E-state index in [2.05, 4.69) is 5.32 Å². The van der Waals surface area contributed by atoms with Gasteiger partial charge in [0.05, 0.1) is 19.4 Å². The van der Waals surface area contributed by atoms with Gasteiger partial charge in [0.25, 0.3) is 0 Å². The summed E-state index contributed by atoms with van der Waals surface area (Å²) >= 11 is 0. The maximum absolute atomic E-state index is 12.2. The van der Waals surface area contributed by atoms with Crippen LogP contribution in [0.3, 0.4) is 0 Å². The van der Waals surface area contributed by atoms with Crippen molar-refractivity contribution in [3.63, 3.8) is 0 Å². The van der Waals surface area contributed by atoms with Gasteiger partial charge in [0.1, 0.15) is 11.5 Å². The molecule has 1 N–H and O–H groups in total. The minimum atomic E-state index is -0.0485. The van der Waals surface area contributed by atoms with Crippen molar-refractivity contribution < 1.29 is 19.1 Å². The summed E-state index contributed by atoms with van der Waals surface area (Å²) in [4.78, 5) is 25.9. The van der Waals surface area contributed by atoms with E-state index in [4.69, 9.17) is 9.47 Å². The third-order valence-electron chi connectivity index (χ3n) is 4.88. The molecule has 2 aromatic rings. The highest BCUT2D eigenvalue weighted by Crippen LogP contribution is 2.33. The molecule has 6 heteroatoms. The predicted molar refractivity (Wildman–Crippen MR) is 114 cm³/mol. The number of anilines is 2. The normalized spacial score (nSPS) is 13.4. The van der Waals surface area contributed by atoms with Gasteiger partial charge in [0.15, 0.2) is 0 Å². The van der Waals surface area contributed by atoms with E-state index >= 15 is 0 Å². The Kier molecular flexibility index (Phi) is 7.11. The second-order valence-electron chi connectivity index (χ2n) is 7.21. The van der Waals surface area contributed by atoms with Crippen LogP contribution in [0.5, 0.6) is 11.5 Å². The molecule has 6 nitrogen and oxygen atoms in total. The first-order chi connectivity index (χ1) is 14.1. The number of amides is 2. The number of hydrogen-bond acceptors (Lipinski definition) is 4. The van der Waals surface area contributed by atoms with Gasteiger partial charge in [-0.2, -0.15) is 0 Å². The summed E-state index contributed by atoms with van der Waals surface area (Å²) in [6.07, 6.45) is 3.39. The van der Waals surface area contributed by atoms with Gasteiger partial charge in [-0.15, -0.1) is 0 Å². The Labute approximate surface area is 171 Å². The number of hydrogen-bond donors (Lipinski definition) is 1. The standard InChI is InChI=1S/C23H28N2O4/c1-17-7-5-8-19(15-17)29-14-4-3-9-22(26)24-18-11-12-20(21(16-18)28-2)25-13-6-10-23(25)27/h5,7-8,11-12,15-16H,3-4,6,9-10,13-14H2,1-2H3,(H,24,26). The summed E-state index contributed by atoms with van der Waals surface area (Å²) in [6.45, 7) is 3.32. The third kappa shape index (κ3) is 5.73. The van der Waals surface area contributed by atoms with Gasteiger partial charge >= 0.3 is 0 Å². The van der Waals surface area contributed by atoms with Crippen molar-refractivity contribution in [1.82, 2.24) is 0 Å². The minimum Gasteiger partial charge on any atom is -0.494 e. The van der Waals surface area contributed by atoms with Gasteiger partial charge in [-0.1, -0.05) is 12.1 Å². The Morgan fingerprint density at radius 2 is 2.03 bits per heavy atom. The highest BCUT2D eigenvalue weighted by Gasteiger charge is 2.24. The first-order valence-electron chi connectivity index (χ1n) is 10.0. The summed E-state index contributed by atoms with van der Waals surface area (Å²) < 4.78 is 11.1. The Morgan fingerprint density at radius 1 is 1.17 bits per heavy atom. The summed E-state index contributed by atoms with van der Waals surface area (Å²) in [7, 11) is 1.57. The monoisotopic (exact) mass is 396 g/mol. The number of nitrogens with zero attached hydrogens (tertiary/aromatic N) is 1. The van der Waals surface area contributed by atoms with Gasteiger partial charge in [-0.25, -0.2) is 0 Å². The zero-order chi connectivity index (χ0) is 20.6. The molecule has 0 saturated carbocycles. The van der Waals surface area contributed by atoms with Crippen LogP contribution in [-0.2, 0) is 9.59 Å². The zero-order valence-corrected chi connectivity index (χ0v) is 17.1. The number of carbonyl (C=O) groups excluding carboxylic acids is 2. The third-order valence-corrected chi connectivity index (χ3v) is 4.88. The fraction of sp³-hybridized carbons (Fsp3) is 0.391. The lowest BCUT2D eigenvalue weighted by molar-refractivity contribution is -0.117. The molecule has 154 valence electrons. The predicted octanol–water partition coefficient (Wildman–Crippen LogP) is 4.32. The molecule has 1 aliphatic rings. The van der Waals surface area contributed by atoms with E-state index in [1.165, 1.54) is 0 Å². The van der Waals surface area contributed by atoms with E-state index in [0.29, 0.717) is 37.4 Å². The molecule has 3 rings (SSSR count). The quantitative estimate of drug-likeness (QED) is 0.641. The van der Waals surface area contributed by atoms with Gasteiger partial charge in [0, 0.05) is 31.1 Å². The SMILES string of the molecule is COc1cc(NC(=O)CCCCOc2cccc(C)c2)ccc1N1CCCC1=O. The molecule has 1 saturated heterocycles. The van der Waals surface area contributed by atoms with Crippen LogP contribution in [0.4, 0.5) is 11.4 Å². The van der Waals surface area contributed by atoms with E-state index < -0.39 is 0 Å². The van der Waals surface area contributed by atoms with E-state index in [9.17, 15) is 9.59 Å². The second-order valence-corrected chi connectivity index (χ2v) is 7.21. The minimum absolute atomic E-state index is 0.0485. The number of benzene rings is 2. The number of aryl methyl sites for hydroxylation is 1. The maximum Gasteiger partial charge on any atom is 0.227 e. The van der Waals surface area contributed by atoms with E-state index in [-0.39, 0.29) is 11.8 Å². The van der Waals surface area contributed by atoms with Crippen molar-refractivity contribution in [1.29, 1.82) is 0 Å². The fourth-order valence-electron chi connectivity index (χ4n) is 3.39. The van der Waals surface area contributed by atoms with E-state index in [1.807, 2.05) is 43.3 Å². The van der Waals surface area contributed by atoms with Gasteiger partial charge in [0.2, 0.25) is 11.8 Å². The summed E-state index contributed by atoms with van der Waals surface area (Å²) in [6, 6.07) is 13.3. The van der Waals surface area contributed by atoms with Crippen LogP contribution in [0.25, 0.3) is 0 Å². The molecule has 1 heterocycles. The molecule has 29 heavy (non-hydrogen) atoms. The average Bonchev–Trinajstić information content (AvgIpc) is 3.13. The molecule has 0 aliphatic carbocycles. The maximum atomic E-state index is 12.2. The van der Waals surface area contributed by atoms with Crippen LogP contribution in [-0.4, -0.2) is 32.1 Å². The Bertz CT molecular complexity index is 866. The smallest absolute Gasteiger partial charge is 0.227 e. The molecule has 0 unspecified atom stereocenters. The van der Waals surface area contributed by atoms with E-state index in [0.717, 1.165) is 36.3 Å². The lowest BCUT2D eigenvalue weighted by Gasteiger charge is -2.19. The summed E-state index contributed by atoms with van der Waals surface area (Å²) in [5.74, 6) is 1.50.